The topological polar surface area (TPSA) is 28.7 Å². The summed E-state index contributed by atoms with van der Waals surface area (Å²) in [6.45, 7) is 0. The lowest BCUT2D eigenvalue weighted by Crippen LogP contribution is -2.04. The number of nitrogens with zero attached hydrogens (tertiary/aromatic N) is 1. The highest BCUT2D eigenvalue weighted by Crippen LogP contribution is 2.30. The lowest BCUT2D eigenvalue weighted by Gasteiger charge is -1.99. The Morgan fingerprint density at radius 3 is 2.64 bits per heavy atom. The van der Waals surface area contributed by atoms with E-state index in [4.69, 9.17) is 0 Å². The molecule has 0 spiro atoms. The van der Waals surface area contributed by atoms with Crippen LogP contribution in [0.2, 0.25) is 0 Å². The Kier molecular flexibility index (Phi) is 2.07. The SMILES string of the molecule is FC(F)(F)c1cc(-c2ccsc2)n[nH]1. The van der Waals surface area contributed by atoms with Crippen LogP contribution in [-0.2, 0) is 6.18 Å². The van der Waals surface area contributed by atoms with Crippen molar-refractivity contribution in [2.45, 2.75) is 6.18 Å². The molecule has 0 fully saturated rings. The van der Waals surface area contributed by atoms with E-state index < -0.39 is 11.9 Å². The van der Waals surface area contributed by atoms with Gasteiger partial charge in [0.05, 0.1) is 5.69 Å². The van der Waals surface area contributed by atoms with Gasteiger partial charge in [-0.05, 0) is 17.5 Å². The molecule has 2 nitrogen and oxygen atoms in total. The zero-order chi connectivity index (χ0) is 10.2. The van der Waals surface area contributed by atoms with E-state index in [1.165, 1.54) is 11.3 Å². The molecule has 0 amide bonds. The molecule has 0 aromatic carbocycles. The van der Waals surface area contributed by atoms with Gasteiger partial charge in [-0.25, -0.2) is 0 Å². The van der Waals surface area contributed by atoms with Crippen molar-refractivity contribution in [3.05, 3.63) is 28.6 Å². The van der Waals surface area contributed by atoms with Gasteiger partial charge in [0.1, 0.15) is 5.69 Å². The molecule has 6 heteroatoms. The third-order valence-electron chi connectivity index (χ3n) is 1.70. The fraction of sp³-hybridized carbons (Fsp3) is 0.125. The van der Waals surface area contributed by atoms with E-state index in [-0.39, 0.29) is 0 Å². The summed E-state index contributed by atoms with van der Waals surface area (Å²) in [5.41, 5.74) is 0.194. The molecule has 74 valence electrons. The average molecular weight is 218 g/mol. The van der Waals surface area contributed by atoms with Crippen molar-refractivity contribution in [3.8, 4) is 11.3 Å². The van der Waals surface area contributed by atoms with E-state index in [0.29, 0.717) is 11.3 Å². The third kappa shape index (κ3) is 1.65. The van der Waals surface area contributed by atoms with Gasteiger partial charge in [0, 0.05) is 10.9 Å². The Hall–Kier alpha value is -1.30. The molecule has 2 rings (SSSR count). The average Bonchev–Trinajstić information content (AvgIpc) is 2.73. The Balaban J connectivity index is 2.36. The van der Waals surface area contributed by atoms with Crippen molar-refractivity contribution in [2.75, 3.05) is 0 Å². The fourth-order valence-corrected chi connectivity index (χ4v) is 1.67. The van der Waals surface area contributed by atoms with Gasteiger partial charge in [-0.3, -0.25) is 5.10 Å². The van der Waals surface area contributed by atoms with Gasteiger partial charge in [-0.15, -0.1) is 0 Å². The highest BCUT2D eigenvalue weighted by Gasteiger charge is 2.33. The summed E-state index contributed by atoms with van der Waals surface area (Å²) < 4.78 is 36.5. The molecule has 0 aliphatic rings. The number of aromatic nitrogens is 2. The maximum absolute atomic E-state index is 12.2. The molecule has 0 aliphatic heterocycles. The van der Waals surface area contributed by atoms with Gasteiger partial charge in [0.25, 0.3) is 0 Å². The lowest BCUT2D eigenvalue weighted by atomic mass is 10.2. The van der Waals surface area contributed by atoms with Crippen molar-refractivity contribution in [3.63, 3.8) is 0 Å². The van der Waals surface area contributed by atoms with Crippen LogP contribution in [-0.4, -0.2) is 10.2 Å². The molecule has 2 aromatic rings. The van der Waals surface area contributed by atoms with E-state index in [1.807, 2.05) is 5.10 Å². The highest BCUT2D eigenvalue weighted by atomic mass is 32.1. The first kappa shape index (κ1) is 9.26. The normalized spacial score (nSPS) is 11.9. The van der Waals surface area contributed by atoms with Crippen LogP contribution in [0.15, 0.2) is 22.9 Å². The van der Waals surface area contributed by atoms with Crippen molar-refractivity contribution in [1.82, 2.24) is 10.2 Å². The third-order valence-corrected chi connectivity index (χ3v) is 2.38. The summed E-state index contributed by atoms with van der Waals surface area (Å²) in [4.78, 5) is 0. The number of hydrogen-bond acceptors (Lipinski definition) is 2. The number of rotatable bonds is 1. The van der Waals surface area contributed by atoms with Crippen LogP contribution in [0, 0.1) is 0 Å². The highest BCUT2D eigenvalue weighted by molar-refractivity contribution is 7.08. The molecule has 1 N–H and O–H groups in total. The monoisotopic (exact) mass is 218 g/mol. The van der Waals surface area contributed by atoms with Crippen LogP contribution in [0.5, 0.6) is 0 Å². The molecule has 0 unspecified atom stereocenters. The second-order valence-corrected chi connectivity index (χ2v) is 3.46. The summed E-state index contributed by atoms with van der Waals surface area (Å²) in [7, 11) is 0. The summed E-state index contributed by atoms with van der Waals surface area (Å²) in [5, 5.41) is 9.09. The van der Waals surface area contributed by atoms with Gasteiger partial charge in [0.2, 0.25) is 0 Å². The number of nitrogens with one attached hydrogen (secondary N) is 1. The summed E-state index contributed by atoms with van der Waals surface area (Å²) in [6, 6.07) is 2.73. The van der Waals surface area contributed by atoms with E-state index in [2.05, 4.69) is 5.10 Å². The van der Waals surface area contributed by atoms with E-state index in [9.17, 15) is 13.2 Å². The summed E-state index contributed by atoms with van der Waals surface area (Å²) >= 11 is 1.42. The van der Waals surface area contributed by atoms with Gasteiger partial charge >= 0.3 is 6.18 Å². The molecule has 0 radical (unpaired) electrons. The van der Waals surface area contributed by atoms with Gasteiger partial charge in [-0.1, -0.05) is 0 Å². The first-order chi connectivity index (χ1) is 6.57. The smallest absolute Gasteiger partial charge is 0.273 e. The molecule has 0 aliphatic carbocycles. The predicted molar refractivity (Wildman–Crippen MR) is 46.9 cm³/mol. The number of alkyl halides is 3. The van der Waals surface area contributed by atoms with Crippen LogP contribution >= 0.6 is 11.3 Å². The first-order valence-electron chi connectivity index (χ1n) is 3.72. The Labute approximate surface area is 81.4 Å². The Morgan fingerprint density at radius 1 is 1.36 bits per heavy atom. The van der Waals surface area contributed by atoms with Crippen LogP contribution in [0.25, 0.3) is 11.3 Å². The van der Waals surface area contributed by atoms with Gasteiger partial charge in [-0.2, -0.15) is 29.6 Å². The summed E-state index contributed by atoms with van der Waals surface area (Å²) in [6.07, 6.45) is -4.36. The number of H-pyrrole nitrogens is 1. The Morgan fingerprint density at radius 2 is 2.14 bits per heavy atom. The fourth-order valence-electron chi connectivity index (χ4n) is 1.03. The Bertz CT molecular complexity index is 416. The number of aromatic amines is 1. The van der Waals surface area contributed by atoms with Crippen molar-refractivity contribution < 1.29 is 13.2 Å². The molecule has 0 bridgehead atoms. The molecular formula is C8H5F3N2S. The van der Waals surface area contributed by atoms with Gasteiger partial charge < -0.3 is 0 Å². The molecule has 2 aromatic heterocycles. The largest absolute Gasteiger partial charge is 0.432 e. The second-order valence-electron chi connectivity index (χ2n) is 2.68. The quantitative estimate of drug-likeness (QED) is 0.782. The minimum absolute atomic E-state index is 0.318. The van der Waals surface area contributed by atoms with Crippen molar-refractivity contribution in [2.24, 2.45) is 0 Å². The van der Waals surface area contributed by atoms with E-state index in [0.717, 1.165) is 6.07 Å². The molecule has 14 heavy (non-hydrogen) atoms. The zero-order valence-electron chi connectivity index (χ0n) is 6.80. The van der Waals surface area contributed by atoms with Crippen molar-refractivity contribution in [1.29, 1.82) is 0 Å². The maximum Gasteiger partial charge on any atom is 0.432 e. The summed E-state index contributed by atoms with van der Waals surface area (Å²) in [5.74, 6) is 0. The lowest BCUT2D eigenvalue weighted by molar-refractivity contribution is -0.141. The van der Waals surface area contributed by atoms with Crippen LogP contribution < -0.4 is 0 Å². The van der Waals surface area contributed by atoms with Crippen LogP contribution in [0.4, 0.5) is 13.2 Å². The first-order valence-corrected chi connectivity index (χ1v) is 4.67. The zero-order valence-corrected chi connectivity index (χ0v) is 7.62. The van der Waals surface area contributed by atoms with Crippen LogP contribution in [0.1, 0.15) is 5.69 Å². The molecule has 0 saturated carbocycles. The number of halogens is 3. The van der Waals surface area contributed by atoms with E-state index in [1.54, 1.807) is 16.8 Å². The number of thiophene rings is 1. The minimum atomic E-state index is -4.36. The minimum Gasteiger partial charge on any atom is -0.273 e. The van der Waals surface area contributed by atoms with Gasteiger partial charge in [0.15, 0.2) is 0 Å². The van der Waals surface area contributed by atoms with E-state index >= 15 is 0 Å². The molecular weight excluding hydrogens is 213 g/mol. The molecule has 0 atom stereocenters. The molecule has 0 saturated heterocycles. The molecule has 2 heterocycles. The maximum atomic E-state index is 12.2. The van der Waals surface area contributed by atoms with Crippen molar-refractivity contribution >= 4 is 11.3 Å². The van der Waals surface area contributed by atoms with Crippen LogP contribution in [0.3, 0.4) is 0 Å². The second kappa shape index (κ2) is 3.13. The standard InChI is InChI=1S/C8H5F3N2S/c9-8(10,11)7-3-6(12-13-7)5-1-2-14-4-5/h1-4H,(H,12,13). The predicted octanol–water partition coefficient (Wildman–Crippen LogP) is 3.16. The number of hydrogen-bond donors (Lipinski definition) is 1.